The van der Waals surface area contributed by atoms with Crippen LogP contribution in [0.25, 0.3) is 0 Å². The van der Waals surface area contributed by atoms with Crippen molar-refractivity contribution in [2.24, 2.45) is 0 Å². The largest absolute Gasteiger partial charge is 0.331 e. The summed E-state index contributed by atoms with van der Waals surface area (Å²) in [6.45, 7) is 1.91. The highest BCUT2D eigenvalue weighted by Crippen LogP contribution is 2.45. The Balaban J connectivity index is 1.22. The third-order valence-corrected chi connectivity index (χ3v) is 8.23. The molecule has 1 fully saturated rings. The Labute approximate surface area is 194 Å². The lowest BCUT2D eigenvalue weighted by atomic mass is 9.91. The number of carbonyl (C=O) groups is 1. The van der Waals surface area contributed by atoms with Crippen LogP contribution >= 0.6 is 0 Å². The Morgan fingerprint density at radius 2 is 1.67 bits per heavy atom. The molecule has 5 rings (SSSR count). The molecule has 2 amide bonds. The van der Waals surface area contributed by atoms with Crippen LogP contribution in [0.1, 0.15) is 60.1 Å². The van der Waals surface area contributed by atoms with Gasteiger partial charge in [-0.2, -0.15) is 0 Å². The number of fused-ring (bicyclic) bond motifs is 5. The van der Waals surface area contributed by atoms with E-state index in [1.165, 1.54) is 11.1 Å². The number of anilines is 1. The minimum absolute atomic E-state index is 0.0421. The molecule has 33 heavy (non-hydrogen) atoms. The van der Waals surface area contributed by atoms with Crippen LogP contribution < -0.4 is 16.0 Å². The van der Waals surface area contributed by atoms with E-state index < -0.39 is 9.84 Å². The smallest absolute Gasteiger partial charge is 0.319 e. The molecule has 0 radical (unpaired) electrons. The van der Waals surface area contributed by atoms with E-state index in [-0.39, 0.29) is 22.7 Å². The molecule has 3 atom stereocenters. The number of rotatable bonds is 6. The molecule has 2 bridgehead atoms. The molecule has 2 aliphatic heterocycles. The summed E-state index contributed by atoms with van der Waals surface area (Å²) < 4.78 is 26.0. The topological polar surface area (TPSA) is 87.3 Å². The van der Waals surface area contributed by atoms with Crippen LogP contribution in [0.4, 0.5) is 10.5 Å². The molecule has 0 saturated carbocycles. The summed E-state index contributed by atoms with van der Waals surface area (Å²) in [5.41, 5.74) is 4.90. The Hall–Kier alpha value is -3.16. The zero-order valence-corrected chi connectivity index (χ0v) is 19.2. The molecule has 170 valence electrons. The van der Waals surface area contributed by atoms with E-state index in [0.717, 1.165) is 24.0 Å². The quantitative estimate of drug-likeness (QED) is 0.481. The number of carbonyl (C=O) groups excluding carboxylic acids is 1. The highest BCUT2D eigenvalue weighted by Gasteiger charge is 2.36. The summed E-state index contributed by atoms with van der Waals surface area (Å²) in [5.74, 6) is -0.0421. The average molecular weight is 462 g/mol. The molecule has 6 nitrogen and oxygen atoms in total. The maximum absolute atomic E-state index is 13.0. The Morgan fingerprint density at radius 1 is 0.970 bits per heavy atom. The Morgan fingerprint density at radius 3 is 2.39 bits per heavy atom. The maximum atomic E-state index is 13.0. The second-order valence-electron chi connectivity index (χ2n) is 8.83. The van der Waals surface area contributed by atoms with Gasteiger partial charge in [-0.15, -0.1) is 0 Å². The summed E-state index contributed by atoms with van der Waals surface area (Å²) in [5, 5.41) is 9.21. The van der Waals surface area contributed by atoms with Gasteiger partial charge < -0.3 is 16.0 Å². The van der Waals surface area contributed by atoms with Gasteiger partial charge in [0.2, 0.25) is 0 Å². The van der Waals surface area contributed by atoms with Crippen molar-refractivity contribution < 1.29 is 13.2 Å². The first kappa shape index (κ1) is 21.7. The van der Waals surface area contributed by atoms with Crippen LogP contribution in [0.5, 0.6) is 0 Å². The van der Waals surface area contributed by atoms with Crippen molar-refractivity contribution in [3.05, 3.63) is 95.1 Å². The standard InChI is InChI=1S/C26H27N3O3S/c1-17(19-5-3-2-4-6-19)27-26(30)28-20-8-10-21(11-9-20)33(31,32)16-18-7-12-22-23(15-18)25-14-13-24(22)29-25/h2-12,15,17,24-25,29H,13-14,16H2,1H3,(H2,27,28,30)/t17-,24?,25?/m0/s1. The van der Waals surface area contributed by atoms with E-state index in [1.54, 1.807) is 24.3 Å². The summed E-state index contributed by atoms with van der Waals surface area (Å²) in [6, 6.07) is 22.3. The number of hydrogen-bond donors (Lipinski definition) is 3. The third kappa shape index (κ3) is 4.51. The van der Waals surface area contributed by atoms with Gasteiger partial charge >= 0.3 is 6.03 Å². The molecule has 3 aromatic rings. The van der Waals surface area contributed by atoms with E-state index in [9.17, 15) is 13.2 Å². The van der Waals surface area contributed by atoms with Gasteiger partial charge in [-0.1, -0.05) is 48.5 Å². The molecular formula is C26H27N3O3S. The molecule has 3 aromatic carbocycles. The molecule has 7 heteroatoms. The number of sulfone groups is 1. The summed E-state index contributed by atoms with van der Waals surface area (Å²) in [6.07, 6.45) is 2.26. The molecule has 0 spiro atoms. The second kappa shape index (κ2) is 8.65. The molecule has 1 saturated heterocycles. The fourth-order valence-corrected chi connectivity index (χ4v) is 6.14. The lowest BCUT2D eigenvalue weighted by molar-refractivity contribution is 0.249. The summed E-state index contributed by atoms with van der Waals surface area (Å²) in [4.78, 5) is 12.6. The van der Waals surface area contributed by atoms with Gasteiger partial charge in [0.05, 0.1) is 16.7 Å². The SMILES string of the molecule is C[C@H](NC(=O)Nc1ccc(S(=O)(=O)Cc2ccc3c(c2)C2CCC3N2)cc1)c1ccccc1. The van der Waals surface area contributed by atoms with Crippen LogP contribution in [-0.2, 0) is 15.6 Å². The molecule has 2 aliphatic rings. The van der Waals surface area contributed by atoms with Crippen molar-refractivity contribution >= 4 is 21.6 Å². The molecule has 2 heterocycles. The van der Waals surface area contributed by atoms with Crippen molar-refractivity contribution in [1.29, 1.82) is 0 Å². The number of urea groups is 1. The number of nitrogens with one attached hydrogen (secondary N) is 3. The zero-order valence-electron chi connectivity index (χ0n) is 18.4. The van der Waals surface area contributed by atoms with Crippen molar-refractivity contribution in [2.75, 3.05) is 5.32 Å². The van der Waals surface area contributed by atoms with Crippen molar-refractivity contribution in [3.63, 3.8) is 0 Å². The van der Waals surface area contributed by atoms with Gasteiger partial charge in [0.25, 0.3) is 0 Å². The van der Waals surface area contributed by atoms with Crippen LogP contribution in [0.2, 0.25) is 0 Å². The number of hydrogen-bond acceptors (Lipinski definition) is 4. The fourth-order valence-electron chi connectivity index (χ4n) is 4.80. The van der Waals surface area contributed by atoms with Gasteiger partial charge in [-0.25, -0.2) is 13.2 Å². The van der Waals surface area contributed by atoms with E-state index in [2.05, 4.69) is 22.0 Å². The average Bonchev–Trinajstić information content (AvgIpc) is 3.42. The third-order valence-electron chi connectivity index (χ3n) is 6.52. The van der Waals surface area contributed by atoms with Gasteiger partial charge in [0.1, 0.15) is 0 Å². The molecule has 3 N–H and O–H groups in total. The van der Waals surface area contributed by atoms with Gasteiger partial charge in [0.15, 0.2) is 9.84 Å². The fraction of sp³-hybridized carbons (Fsp3) is 0.269. The summed E-state index contributed by atoms with van der Waals surface area (Å²) in [7, 11) is -3.49. The number of benzene rings is 3. The Kier molecular flexibility index (Phi) is 5.68. The predicted molar refractivity (Wildman–Crippen MR) is 129 cm³/mol. The van der Waals surface area contributed by atoms with Gasteiger partial charge in [-0.3, -0.25) is 0 Å². The predicted octanol–water partition coefficient (Wildman–Crippen LogP) is 5.02. The zero-order chi connectivity index (χ0) is 23.0. The van der Waals surface area contributed by atoms with Crippen molar-refractivity contribution in [2.45, 2.75) is 48.5 Å². The van der Waals surface area contributed by atoms with Gasteiger partial charge in [0, 0.05) is 17.8 Å². The lowest BCUT2D eigenvalue weighted by Gasteiger charge is -2.15. The van der Waals surface area contributed by atoms with Crippen molar-refractivity contribution in [1.82, 2.24) is 10.6 Å². The van der Waals surface area contributed by atoms with Crippen LogP contribution in [0.15, 0.2) is 77.7 Å². The molecule has 0 aromatic heterocycles. The first-order valence-corrected chi connectivity index (χ1v) is 12.9. The highest BCUT2D eigenvalue weighted by atomic mass is 32.2. The lowest BCUT2D eigenvalue weighted by Crippen LogP contribution is -2.31. The molecule has 2 unspecified atom stereocenters. The minimum Gasteiger partial charge on any atom is -0.331 e. The first-order chi connectivity index (χ1) is 15.9. The summed E-state index contributed by atoms with van der Waals surface area (Å²) >= 11 is 0. The highest BCUT2D eigenvalue weighted by molar-refractivity contribution is 7.90. The van der Waals surface area contributed by atoms with E-state index >= 15 is 0 Å². The van der Waals surface area contributed by atoms with E-state index in [1.807, 2.05) is 49.4 Å². The van der Waals surface area contributed by atoms with Gasteiger partial charge in [-0.05, 0) is 66.3 Å². The maximum Gasteiger partial charge on any atom is 0.319 e. The Bertz CT molecular complexity index is 1270. The number of amides is 2. The molecular weight excluding hydrogens is 434 g/mol. The first-order valence-electron chi connectivity index (χ1n) is 11.2. The van der Waals surface area contributed by atoms with E-state index in [0.29, 0.717) is 17.8 Å². The normalized spacial score (nSPS) is 19.7. The van der Waals surface area contributed by atoms with E-state index in [4.69, 9.17) is 0 Å². The van der Waals surface area contributed by atoms with Crippen LogP contribution in [0, 0.1) is 0 Å². The van der Waals surface area contributed by atoms with Crippen LogP contribution in [-0.4, -0.2) is 14.4 Å². The van der Waals surface area contributed by atoms with Crippen LogP contribution in [0.3, 0.4) is 0 Å². The monoisotopic (exact) mass is 461 g/mol. The minimum atomic E-state index is -3.49. The molecule has 0 aliphatic carbocycles. The van der Waals surface area contributed by atoms with Crippen molar-refractivity contribution in [3.8, 4) is 0 Å². The second-order valence-corrected chi connectivity index (χ2v) is 10.8.